The molecule has 0 bridgehead atoms. The van der Waals surface area contributed by atoms with E-state index in [2.05, 4.69) is 15.3 Å². The van der Waals surface area contributed by atoms with Crippen LogP contribution in [0.4, 0.5) is 5.69 Å². The molecule has 0 aliphatic carbocycles. The molecule has 3 aromatic rings. The van der Waals surface area contributed by atoms with Gasteiger partial charge in [-0.25, -0.2) is 9.97 Å². The summed E-state index contributed by atoms with van der Waals surface area (Å²) in [6.45, 7) is 5.58. The van der Waals surface area contributed by atoms with E-state index in [1.165, 1.54) is 11.8 Å². The van der Waals surface area contributed by atoms with Crippen molar-refractivity contribution in [3.63, 3.8) is 0 Å². The average Bonchev–Trinajstić information content (AvgIpc) is 3.26. The van der Waals surface area contributed by atoms with Gasteiger partial charge in [0.25, 0.3) is 5.56 Å². The van der Waals surface area contributed by atoms with E-state index >= 15 is 0 Å². The Bertz CT molecular complexity index is 1120. The first-order valence-corrected chi connectivity index (χ1v) is 10.8. The first-order valence-electron chi connectivity index (χ1n) is 8.98. The smallest absolute Gasteiger partial charge is 0.257 e. The van der Waals surface area contributed by atoms with Gasteiger partial charge in [-0.3, -0.25) is 14.2 Å². The molecule has 4 rings (SSSR count). The number of nitrogens with zero attached hydrogens (tertiary/aromatic N) is 3. The number of amides is 1. The molecule has 0 fully saturated rings. The van der Waals surface area contributed by atoms with E-state index in [0.717, 1.165) is 27.6 Å². The Morgan fingerprint density at radius 3 is 2.79 bits per heavy atom. The van der Waals surface area contributed by atoms with Gasteiger partial charge in [0.15, 0.2) is 5.16 Å². The summed E-state index contributed by atoms with van der Waals surface area (Å²) in [4.78, 5) is 34.4. The molecule has 0 saturated heterocycles. The van der Waals surface area contributed by atoms with Crippen molar-refractivity contribution in [3.05, 3.63) is 56.3 Å². The van der Waals surface area contributed by atoms with Gasteiger partial charge in [-0.2, -0.15) is 0 Å². The number of nitrogens with one attached hydrogen (secondary N) is 1. The second-order valence-corrected chi connectivity index (χ2v) is 8.84. The minimum absolute atomic E-state index is 0.0522. The van der Waals surface area contributed by atoms with Crippen LogP contribution in [0.15, 0.2) is 39.6 Å². The highest BCUT2D eigenvalue weighted by Crippen LogP contribution is 2.33. The van der Waals surface area contributed by atoms with Crippen LogP contribution in [0.1, 0.15) is 28.7 Å². The summed E-state index contributed by atoms with van der Waals surface area (Å²) >= 11 is 3.11. The number of benzene rings is 1. The van der Waals surface area contributed by atoms with Crippen LogP contribution in [-0.4, -0.2) is 26.2 Å². The van der Waals surface area contributed by atoms with E-state index in [1.807, 2.05) is 43.5 Å². The topological polar surface area (TPSA) is 76.9 Å². The maximum atomic E-state index is 12.8. The number of carbonyl (C=O) groups is 1. The van der Waals surface area contributed by atoms with Crippen LogP contribution in [0.25, 0.3) is 11.3 Å². The molecule has 1 N–H and O–H groups in total. The minimum Gasteiger partial charge on any atom is -0.325 e. The van der Waals surface area contributed by atoms with Crippen molar-refractivity contribution in [2.45, 2.75) is 38.4 Å². The fourth-order valence-corrected chi connectivity index (χ4v) is 5.03. The van der Waals surface area contributed by atoms with Crippen LogP contribution in [0.2, 0.25) is 0 Å². The van der Waals surface area contributed by atoms with E-state index in [9.17, 15) is 9.59 Å². The Hall–Kier alpha value is -2.45. The second-order valence-electron chi connectivity index (χ2n) is 6.79. The quantitative estimate of drug-likeness (QED) is 0.656. The molecule has 2 aromatic heterocycles. The summed E-state index contributed by atoms with van der Waals surface area (Å²) in [7, 11) is 0. The number of hydrogen-bond donors (Lipinski definition) is 1. The summed E-state index contributed by atoms with van der Waals surface area (Å²) in [5, 5.41) is 6.67. The molecule has 0 radical (unpaired) electrons. The number of thioether (sulfide) groups is 1. The van der Waals surface area contributed by atoms with Crippen molar-refractivity contribution in [2.24, 2.45) is 0 Å². The zero-order chi connectivity index (χ0) is 19.8. The fourth-order valence-electron chi connectivity index (χ4n) is 3.24. The molecule has 1 unspecified atom stereocenters. The number of carbonyl (C=O) groups excluding carboxylic acids is 1. The molecule has 1 aromatic carbocycles. The lowest BCUT2D eigenvalue weighted by Gasteiger charge is -2.15. The molecule has 1 aliphatic rings. The average molecular weight is 413 g/mol. The third-order valence-electron chi connectivity index (χ3n) is 4.84. The molecule has 144 valence electrons. The highest BCUT2D eigenvalue weighted by molar-refractivity contribution is 7.99. The van der Waals surface area contributed by atoms with Gasteiger partial charge in [0.2, 0.25) is 5.91 Å². The molecule has 3 heterocycles. The van der Waals surface area contributed by atoms with Crippen molar-refractivity contribution in [3.8, 4) is 11.3 Å². The molecule has 6 nitrogen and oxygen atoms in total. The van der Waals surface area contributed by atoms with Gasteiger partial charge in [0, 0.05) is 34.4 Å². The third-order valence-corrected chi connectivity index (χ3v) is 6.71. The van der Waals surface area contributed by atoms with Crippen LogP contribution in [-0.2, 0) is 4.79 Å². The number of fused-ring (bicyclic) bond motifs is 1. The Morgan fingerprint density at radius 1 is 1.25 bits per heavy atom. The zero-order valence-electron chi connectivity index (χ0n) is 15.9. The van der Waals surface area contributed by atoms with E-state index in [0.29, 0.717) is 16.5 Å². The van der Waals surface area contributed by atoms with Gasteiger partial charge < -0.3 is 5.32 Å². The summed E-state index contributed by atoms with van der Waals surface area (Å²) < 4.78 is 1.67. The summed E-state index contributed by atoms with van der Waals surface area (Å²) in [5.41, 5.74) is 3.82. The maximum absolute atomic E-state index is 12.8. The Balaban J connectivity index is 1.55. The number of anilines is 1. The number of thiazole rings is 1. The van der Waals surface area contributed by atoms with Gasteiger partial charge in [-0.05, 0) is 26.8 Å². The number of rotatable bonds is 4. The monoisotopic (exact) mass is 412 g/mol. The third kappa shape index (κ3) is 3.49. The van der Waals surface area contributed by atoms with Crippen molar-refractivity contribution < 1.29 is 4.79 Å². The van der Waals surface area contributed by atoms with Gasteiger partial charge in [-0.15, -0.1) is 11.3 Å². The Morgan fingerprint density at radius 2 is 2.04 bits per heavy atom. The Labute approximate surface area is 171 Å². The normalized spacial score (nSPS) is 15.5. The largest absolute Gasteiger partial charge is 0.325 e. The molecule has 8 heteroatoms. The molecular weight excluding hydrogens is 392 g/mol. The number of aryl methyl sites for hydroxylation is 2. The molecule has 0 saturated carbocycles. The van der Waals surface area contributed by atoms with E-state index < -0.39 is 0 Å². The van der Waals surface area contributed by atoms with Crippen LogP contribution < -0.4 is 10.9 Å². The Kier molecular flexibility index (Phi) is 5.07. The highest BCUT2D eigenvalue weighted by atomic mass is 32.2. The SMILES string of the molecule is Cc1nc(-c2ccccc2NC(=O)CC2CSc3nc(C)c(C)c(=O)n32)cs1. The fraction of sp³-hybridized carbons (Fsp3) is 0.300. The lowest BCUT2D eigenvalue weighted by Crippen LogP contribution is -2.29. The number of hydrogen-bond acceptors (Lipinski definition) is 6. The predicted molar refractivity (Wildman–Crippen MR) is 113 cm³/mol. The first-order chi connectivity index (χ1) is 13.4. The van der Waals surface area contributed by atoms with E-state index in [-0.39, 0.29) is 23.9 Å². The van der Waals surface area contributed by atoms with Gasteiger partial charge in [-0.1, -0.05) is 30.0 Å². The van der Waals surface area contributed by atoms with Crippen LogP contribution in [0, 0.1) is 20.8 Å². The molecule has 1 atom stereocenters. The number of aromatic nitrogens is 3. The van der Waals surface area contributed by atoms with E-state index in [4.69, 9.17) is 0 Å². The van der Waals surface area contributed by atoms with Crippen molar-refractivity contribution in [2.75, 3.05) is 11.1 Å². The molecule has 1 aliphatic heterocycles. The standard InChI is InChI=1S/C20H20N4O2S2/c1-11-12(2)21-20-24(19(11)26)14(9-28-20)8-18(25)23-16-7-5-4-6-15(16)17-10-27-13(3)22-17/h4-7,10,14H,8-9H2,1-3H3,(H,23,25). The van der Waals surface area contributed by atoms with Gasteiger partial charge in [0.1, 0.15) is 0 Å². The van der Waals surface area contributed by atoms with Gasteiger partial charge >= 0.3 is 0 Å². The summed E-state index contributed by atoms with van der Waals surface area (Å²) in [6.07, 6.45) is 0.231. The van der Waals surface area contributed by atoms with Crippen LogP contribution in [0.5, 0.6) is 0 Å². The first kappa shape index (κ1) is 18.9. The zero-order valence-corrected chi connectivity index (χ0v) is 17.5. The molecule has 28 heavy (non-hydrogen) atoms. The lowest BCUT2D eigenvalue weighted by molar-refractivity contribution is -0.116. The molecular formula is C20H20N4O2S2. The van der Waals surface area contributed by atoms with Crippen molar-refractivity contribution >= 4 is 34.7 Å². The number of para-hydroxylation sites is 1. The van der Waals surface area contributed by atoms with Crippen LogP contribution in [0.3, 0.4) is 0 Å². The van der Waals surface area contributed by atoms with Gasteiger partial charge in [0.05, 0.1) is 22.4 Å². The summed E-state index contributed by atoms with van der Waals surface area (Å²) in [6, 6.07) is 7.46. The second kappa shape index (κ2) is 7.52. The molecule has 0 spiro atoms. The minimum atomic E-state index is -0.187. The van der Waals surface area contributed by atoms with E-state index in [1.54, 1.807) is 22.8 Å². The van der Waals surface area contributed by atoms with Crippen molar-refractivity contribution in [1.82, 2.24) is 14.5 Å². The maximum Gasteiger partial charge on any atom is 0.257 e. The predicted octanol–water partition coefficient (Wildman–Crippen LogP) is 3.97. The van der Waals surface area contributed by atoms with Crippen molar-refractivity contribution in [1.29, 1.82) is 0 Å². The highest BCUT2D eigenvalue weighted by Gasteiger charge is 2.28. The molecule has 1 amide bonds. The lowest BCUT2D eigenvalue weighted by atomic mass is 10.1. The summed E-state index contributed by atoms with van der Waals surface area (Å²) in [5.74, 6) is 0.550. The van der Waals surface area contributed by atoms with Crippen LogP contribution >= 0.6 is 23.1 Å².